The van der Waals surface area contributed by atoms with E-state index in [1.807, 2.05) is 0 Å². The number of hydrazone groups is 2. The third-order valence-electron chi connectivity index (χ3n) is 3.65. The fourth-order valence-corrected chi connectivity index (χ4v) is 2.18. The summed E-state index contributed by atoms with van der Waals surface area (Å²) in [4.78, 5) is 31.7. The summed E-state index contributed by atoms with van der Waals surface area (Å²) < 4.78 is 0. The lowest BCUT2D eigenvalue weighted by molar-refractivity contribution is -0.127. The Kier molecular flexibility index (Phi) is 5.20. The summed E-state index contributed by atoms with van der Waals surface area (Å²) >= 11 is 0. The minimum absolute atomic E-state index is 0.274. The van der Waals surface area contributed by atoms with Gasteiger partial charge in [-0.3, -0.25) is 19.6 Å². The molecular weight excluding hydrogens is 320 g/mol. The van der Waals surface area contributed by atoms with E-state index in [9.17, 15) is 9.59 Å². The maximum Gasteiger partial charge on any atom is 0.244 e. The molecule has 0 bridgehead atoms. The van der Waals surface area contributed by atoms with Crippen LogP contribution in [0.3, 0.4) is 0 Å². The SMILES string of the molecule is O=C(N/N=C\c1ccncc1)[C@H]1C[C@@H]1C(=O)N/N=C\c1ccncc1. The number of hydrogen-bond acceptors (Lipinski definition) is 6. The summed E-state index contributed by atoms with van der Waals surface area (Å²) in [5, 5.41) is 7.76. The topological polar surface area (TPSA) is 109 Å². The quantitative estimate of drug-likeness (QED) is 0.598. The number of amides is 2. The van der Waals surface area contributed by atoms with Gasteiger partial charge in [-0.25, -0.2) is 10.9 Å². The fraction of sp³-hybridized carbons (Fsp3) is 0.176. The first-order chi connectivity index (χ1) is 12.2. The van der Waals surface area contributed by atoms with Crippen molar-refractivity contribution < 1.29 is 9.59 Å². The molecule has 8 nitrogen and oxygen atoms in total. The van der Waals surface area contributed by atoms with E-state index >= 15 is 0 Å². The van der Waals surface area contributed by atoms with Gasteiger partial charge in [0, 0.05) is 24.8 Å². The first-order valence-corrected chi connectivity index (χ1v) is 7.70. The van der Waals surface area contributed by atoms with Crippen LogP contribution in [0.1, 0.15) is 17.5 Å². The Morgan fingerprint density at radius 1 is 0.840 bits per heavy atom. The average Bonchev–Trinajstić information content (AvgIpc) is 3.44. The molecule has 8 heteroatoms. The lowest BCUT2D eigenvalue weighted by atomic mass is 10.3. The van der Waals surface area contributed by atoms with Crippen LogP contribution in [-0.4, -0.2) is 34.2 Å². The third kappa shape index (κ3) is 4.77. The second-order valence-corrected chi connectivity index (χ2v) is 5.48. The molecule has 0 spiro atoms. The van der Waals surface area contributed by atoms with Crippen LogP contribution in [0.4, 0.5) is 0 Å². The summed E-state index contributed by atoms with van der Waals surface area (Å²) in [6, 6.07) is 7.07. The Hall–Kier alpha value is -3.42. The van der Waals surface area contributed by atoms with Crippen molar-refractivity contribution in [2.24, 2.45) is 22.0 Å². The van der Waals surface area contributed by atoms with Crippen LogP contribution in [0, 0.1) is 11.8 Å². The predicted octanol–water partition coefficient (Wildman–Crippen LogP) is 0.713. The number of nitrogens with one attached hydrogen (secondary N) is 2. The van der Waals surface area contributed by atoms with Crippen LogP contribution in [0.5, 0.6) is 0 Å². The minimum Gasteiger partial charge on any atom is -0.273 e. The maximum absolute atomic E-state index is 11.9. The molecule has 1 aliphatic carbocycles. The molecular formula is C17H16N6O2. The van der Waals surface area contributed by atoms with Crippen molar-refractivity contribution in [3.63, 3.8) is 0 Å². The van der Waals surface area contributed by atoms with Gasteiger partial charge in [0.2, 0.25) is 11.8 Å². The molecule has 2 amide bonds. The monoisotopic (exact) mass is 336 g/mol. The third-order valence-corrected chi connectivity index (χ3v) is 3.65. The molecule has 2 aromatic rings. The molecule has 25 heavy (non-hydrogen) atoms. The summed E-state index contributed by atoms with van der Waals surface area (Å²) in [6.45, 7) is 0. The molecule has 2 aromatic heterocycles. The van der Waals surface area contributed by atoms with Gasteiger partial charge in [-0.1, -0.05) is 0 Å². The smallest absolute Gasteiger partial charge is 0.244 e. The molecule has 0 aliphatic heterocycles. The Bertz CT molecular complexity index is 724. The first-order valence-electron chi connectivity index (χ1n) is 7.70. The Morgan fingerprint density at radius 2 is 1.24 bits per heavy atom. The van der Waals surface area contributed by atoms with E-state index in [1.54, 1.807) is 49.1 Å². The lowest BCUT2D eigenvalue weighted by Gasteiger charge is -1.99. The van der Waals surface area contributed by atoms with Crippen molar-refractivity contribution in [1.82, 2.24) is 20.8 Å². The largest absolute Gasteiger partial charge is 0.273 e. The standard InChI is InChI=1S/C17H16N6O2/c24-16(22-20-10-12-1-5-18-6-2-12)14-9-15(14)17(25)23-21-11-13-3-7-19-8-4-13/h1-8,10-11,14-15H,9H2,(H,22,24)(H,23,25)/b20-10-,21-11-/t14-,15-/m0/s1. The van der Waals surface area contributed by atoms with Crippen LogP contribution in [0.15, 0.2) is 59.3 Å². The van der Waals surface area contributed by atoms with E-state index < -0.39 is 0 Å². The highest BCUT2D eigenvalue weighted by atomic mass is 16.2. The molecule has 1 aliphatic rings. The predicted molar refractivity (Wildman–Crippen MR) is 91.5 cm³/mol. The molecule has 1 fully saturated rings. The molecule has 1 saturated carbocycles. The normalized spacial score (nSPS) is 19.0. The van der Waals surface area contributed by atoms with Crippen molar-refractivity contribution in [3.05, 3.63) is 60.2 Å². The number of aromatic nitrogens is 2. The van der Waals surface area contributed by atoms with Gasteiger partial charge < -0.3 is 0 Å². The zero-order valence-electron chi connectivity index (χ0n) is 13.2. The summed E-state index contributed by atoms with van der Waals surface area (Å²) in [6.07, 6.45) is 10.1. The molecule has 2 heterocycles. The summed E-state index contributed by atoms with van der Waals surface area (Å²) in [5.41, 5.74) is 6.54. The van der Waals surface area contributed by atoms with E-state index in [0.29, 0.717) is 6.42 Å². The molecule has 0 aromatic carbocycles. The van der Waals surface area contributed by atoms with E-state index in [-0.39, 0.29) is 23.7 Å². The molecule has 0 unspecified atom stereocenters. The zero-order valence-corrected chi connectivity index (χ0v) is 13.2. The van der Waals surface area contributed by atoms with Crippen molar-refractivity contribution in [3.8, 4) is 0 Å². The van der Waals surface area contributed by atoms with Gasteiger partial charge in [0.05, 0.1) is 24.3 Å². The number of hydrogen-bond donors (Lipinski definition) is 2. The van der Waals surface area contributed by atoms with Gasteiger partial charge >= 0.3 is 0 Å². The van der Waals surface area contributed by atoms with Gasteiger partial charge in [-0.2, -0.15) is 10.2 Å². The second-order valence-electron chi connectivity index (χ2n) is 5.48. The highest BCUT2D eigenvalue weighted by molar-refractivity contribution is 5.93. The van der Waals surface area contributed by atoms with Crippen molar-refractivity contribution in [2.75, 3.05) is 0 Å². The molecule has 2 atom stereocenters. The maximum atomic E-state index is 11.9. The van der Waals surface area contributed by atoms with Crippen LogP contribution < -0.4 is 10.9 Å². The first kappa shape index (κ1) is 16.4. The number of carbonyl (C=O) groups excluding carboxylic acids is 2. The number of nitrogens with zero attached hydrogens (tertiary/aromatic N) is 4. The van der Waals surface area contributed by atoms with Crippen molar-refractivity contribution >= 4 is 24.2 Å². The molecule has 0 radical (unpaired) electrons. The molecule has 3 rings (SSSR count). The molecule has 0 saturated heterocycles. The average molecular weight is 336 g/mol. The van der Waals surface area contributed by atoms with E-state index in [4.69, 9.17) is 0 Å². The van der Waals surface area contributed by atoms with Crippen LogP contribution in [0.2, 0.25) is 0 Å². The van der Waals surface area contributed by atoms with E-state index in [1.165, 1.54) is 12.4 Å². The summed E-state index contributed by atoms with van der Waals surface area (Å²) in [7, 11) is 0. The van der Waals surface area contributed by atoms with Gasteiger partial charge in [0.25, 0.3) is 0 Å². The number of pyridine rings is 2. The van der Waals surface area contributed by atoms with Crippen LogP contribution >= 0.6 is 0 Å². The molecule has 126 valence electrons. The van der Waals surface area contributed by atoms with Gasteiger partial charge in [0.1, 0.15) is 0 Å². The Morgan fingerprint density at radius 3 is 1.64 bits per heavy atom. The van der Waals surface area contributed by atoms with Crippen molar-refractivity contribution in [1.29, 1.82) is 0 Å². The van der Waals surface area contributed by atoms with Gasteiger partial charge in [-0.15, -0.1) is 0 Å². The zero-order chi connectivity index (χ0) is 17.5. The summed E-state index contributed by atoms with van der Waals surface area (Å²) in [5.74, 6) is -1.29. The van der Waals surface area contributed by atoms with Gasteiger partial charge in [-0.05, 0) is 41.8 Å². The highest BCUT2D eigenvalue weighted by Gasteiger charge is 2.48. The number of carbonyl (C=O) groups is 2. The van der Waals surface area contributed by atoms with E-state index in [0.717, 1.165) is 11.1 Å². The van der Waals surface area contributed by atoms with Crippen LogP contribution in [-0.2, 0) is 9.59 Å². The Balaban J connectivity index is 1.42. The van der Waals surface area contributed by atoms with Crippen LogP contribution in [0.25, 0.3) is 0 Å². The second kappa shape index (κ2) is 7.91. The molecule has 2 N–H and O–H groups in total. The number of rotatable bonds is 6. The Labute approximate surface area is 144 Å². The van der Waals surface area contributed by atoms with E-state index in [2.05, 4.69) is 31.0 Å². The minimum atomic E-state index is -0.370. The highest BCUT2D eigenvalue weighted by Crippen LogP contribution is 2.38. The fourth-order valence-electron chi connectivity index (χ4n) is 2.18. The van der Waals surface area contributed by atoms with Gasteiger partial charge in [0.15, 0.2) is 0 Å². The van der Waals surface area contributed by atoms with Crippen molar-refractivity contribution in [2.45, 2.75) is 6.42 Å². The lowest BCUT2D eigenvalue weighted by Crippen LogP contribution is -2.25.